The second-order valence-corrected chi connectivity index (χ2v) is 2.90. The molecule has 0 aromatic carbocycles. The van der Waals surface area contributed by atoms with Crippen molar-refractivity contribution in [1.29, 1.82) is 0 Å². The quantitative estimate of drug-likeness (QED) is 0.353. The number of halogens is 1. The molecular formula is C8H16ClNO3. The molecule has 0 heterocycles. The molecule has 5 heteroatoms. The minimum Gasteiger partial charge on any atom is -1.00 e. The molecule has 1 atom stereocenters. The molecule has 0 aromatic rings. The Morgan fingerprint density at radius 3 is 2.62 bits per heavy atom. The van der Waals surface area contributed by atoms with Crippen LogP contribution in [0.1, 0.15) is 0 Å². The van der Waals surface area contributed by atoms with E-state index >= 15 is 0 Å². The Morgan fingerprint density at radius 1 is 1.69 bits per heavy atom. The number of likely N-dealkylation sites (N-methyl/N-ethyl adjacent to an activating group) is 1. The Kier molecular flexibility index (Phi) is 9.22. The third-order valence-electron chi connectivity index (χ3n) is 1.23. The summed E-state index contributed by atoms with van der Waals surface area (Å²) in [6.07, 6.45) is 0.480. The normalized spacial score (nSPS) is 11.7. The molecule has 1 unspecified atom stereocenters. The molecule has 0 aliphatic heterocycles. The summed E-state index contributed by atoms with van der Waals surface area (Å²) in [6, 6.07) is 0. The zero-order valence-corrected chi connectivity index (χ0v) is 8.67. The first-order valence-corrected chi connectivity index (χ1v) is 3.82. The van der Waals surface area contributed by atoms with Crippen LogP contribution in [0.15, 0.2) is 12.7 Å². The van der Waals surface area contributed by atoms with E-state index in [4.69, 9.17) is 0 Å². The SMILES string of the molecule is C=CC(=O)OCC(O)C[NH+](C)C.[Cl-]. The van der Waals surface area contributed by atoms with Gasteiger partial charge in [0.1, 0.15) is 19.3 Å². The van der Waals surface area contributed by atoms with Crippen LogP contribution in [0.2, 0.25) is 0 Å². The summed E-state index contributed by atoms with van der Waals surface area (Å²) < 4.78 is 4.63. The van der Waals surface area contributed by atoms with E-state index in [9.17, 15) is 9.90 Å². The fraction of sp³-hybridized carbons (Fsp3) is 0.625. The standard InChI is InChI=1S/C8H15NO3.ClH/c1-4-8(11)12-6-7(10)5-9(2)3;/h4,7,10H,1,5-6H2,2-3H3;1H. The maximum atomic E-state index is 10.5. The van der Waals surface area contributed by atoms with Crippen molar-refractivity contribution in [2.45, 2.75) is 6.10 Å². The van der Waals surface area contributed by atoms with Gasteiger partial charge in [0.2, 0.25) is 0 Å². The second kappa shape index (κ2) is 8.04. The Labute approximate surface area is 84.6 Å². The number of ether oxygens (including phenoxy) is 1. The first kappa shape index (κ1) is 14.9. The van der Waals surface area contributed by atoms with Crippen LogP contribution in [-0.2, 0) is 9.53 Å². The Balaban J connectivity index is 0. The van der Waals surface area contributed by atoms with Gasteiger partial charge in [0, 0.05) is 6.08 Å². The molecular weight excluding hydrogens is 194 g/mol. The highest BCUT2D eigenvalue weighted by molar-refractivity contribution is 5.81. The van der Waals surface area contributed by atoms with Crippen molar-refractivity contribution in [2.24, 2.45) is 0 Å². The molecule has 0 radical (unpaired) electrons. The van der Waals surface area contributed by atoms with E-state index in [1.54, 1.807) is 0 Å². The van der Waals surface area contributed by atoms with E-state index < -0.39 is 12.1 Å². The van der Waals surface area contributed by atoms with Gasteiger partial charge in [-0.3, -0.25) is 0 Å². The van der Waals surface area contributed by atoms with Gasteiger partial charge in [0.25, 0.3) is 0 Å². The summed E-state index contributed by atoms with van der Waals surface area (Å²) in [7, 11) is 3.83. The number of hydrogen-bond donors (Lipinski definition) is 2. The summed E-state index contributed by atoms with van der Waals surface area (Å²) in [5, 5.41) is 9.23. The molecule has 13 heavy (non-hydrogen) atoms. The van der Waals surface area contributed by atoms with Crippen LogP contribution in [0.5, 0.6) is 0 Å². The lowest BCUT2D eigenvalue weighted by Crippen LogP contribution is -3.07. The van der Waals surface area contributed by atoms with Gasteiger partial charge in [0.15, 0.2) is 0 Å². The number of quaternary nitrogens is 1. The Morgan fingerprint density at radius 2 is 2.23 bits per heavy atom. The zero-order chi connectivity index (χ0) is 9.56. The van der Waals surface area contributed by atoms with E-state index in [0.29, 0.717) is 6.54 Å². The number of aliphatic hydroxyl groups is 1. The zero-order valence-electron chi connectivity index (χ0n) is 7.92. The van der Waals surface area contributed by atoms with E-state index in [-0.39, 0.29) is 19.0 Å². The summed E-state index contributed by atoms with van der Waals surface area (Å²) in [5.74, 6) is -0.497. The first-order chi connectivity index (χ1) is 5.56. The lowest BCUT2D eigenvalue weighted by molar-refractivity contribution is -0.861. The fourth-order valence-corrected chi connectivity index (χ4v) is 0.767. The molecule has 0 fully saturated rings. The summed E-state index contributed by atoms with van der Waals surface area (Å²) in [4.78, 5) is 11.7. The van der Waals surface area contributed by atoms with Crippen molar-refractivity contribution >= 4 is 5.97 Å². The topological polar surface area (TPSA) is 51.0 Å². The number of hydrogen-bond acceptors (Lipinski definition) is 3. The Hall–Kier alpha value is -0.580. The molecule has 0 aliphatic rings. The number of carbonyl (C=O) groups is 1. The average Bonchev–Trinajstić information content (AvgIpc) is 1.99. The fourth-order valence-electron chi connectivity index (χ4n) is 0.767. The number of nitrogens with one attached hydrogen (secondary N) is 1. The average molecular weight is 210 g/mol. The second-order valence-electron chi connectivity index (χ2n) is 2.90. The van der Waals surface area contributed by atoms with E-state index in [0.717, 1.165) is 11.0 Å². The minimum atomic E-state index is -0.598. The molecule has 4 nitrogen and oxygen atoms in total. The van der Waals surface area contributed by atoms with Crippen molar-refractivity contribution in [3.8, 4) is 0 Å². The molecule has 2 N–H and O–H groups in total. The van der Waals surface area contributed by atoms with Gasteiger partial charge in [-0.15, -0.1) is 0 Å². The van der Waals surface area contributed by atoms with Gasteiger partial charge in [-0.05, 0) is 0 Å². The molecule has 0 saturated heterocycles. The van der Waals surface area contributed by atoms with Crippen molar-refractivity contribution in [2.75, 3.05) is 27.2 Å². The number of esters is 1. The first-order valence-electron chi connectivity index (χ1n) is 3.82. The van der Waals surface area contributed by atoms with E-state index in [1.807, 2.05) is 14.1 Å². The molecule has 0 aromatic heterocycles. The Bertz CT molecular complexity index is 161. The lowest BCUT2D eigenvalue weighted by atomic mass is 10.3. The third-order valence-corrected chi connectivity index (χ3v) is 1.23. The van der Waals surface area contributed by atoms with Crippen LogP contribution in [0, 0.1) is 0 Å². The third kappa shape index (κ3) is 9.33. The number of rotatable bonds is 5. The van der Waals surface area contributed by atoms with Gasteiger partial charge >= 0.3 is 5.97 Å². The van der Waals surface area contributed by atoms with Crippen molar-refractivity contribution < 1.29 is 31.9 Å². The van der Waals surface area contributed by atoms with Crippen LogP contribution in [0.25, 0.3) is 0 Å². The van der Waals surface area contributed by atoms with Crippen molar-refractivity contribution in [1.82, 2.24) is 0 Å². The number of carbonyl (C=O) groups excluding carboxylic acids is 1. The molecule has 0 bridgehead atoms. The molecule has 0 saturated carbocycles. The summed E-state index contributed by atoms with van der Waals surface area (Å²) >= 11 is 0. The molecule has 0 rings (SSSR count). The van der Waals surface area contributed by atoms with Crippen molar-refractivity contribution in [3.05, 3.63) is 12.7 Å². The molecule has 0 spiro atoms. The monoisotopic (exact) mass is 209 g/mol. The van der Waals surface area contributed by atoms with Gasteiger partial charge in [-0.2, -0.15) is 0 Å². The van der Waals surface area contributed by atoms with Crippen LogP contribution in [-0.4, -0.2) is 44.4 Å². The predicted octanol–water partition coefficient (Wildman–Crippen LogP) is -4.77. The largest absolute Gasteiger partial charge is 1.00 e. The molecule has 78 valence electrons. The van der Waals surface area contributed by atoms with Crippen LogP contribution in [0.4, 0.5) is 0 Å². The van der Waals surface area contributed by atoms with Gasteiger partial charge in [-0.1, -0.05) is 6.58 Å². The smallest absolute Gasteiger partial charge is 0.330 e. The van der Waals surface area contributed by atoms with Crippen LogP contribution < -0.4 is 17.3 Å². The molecule has 0 amide bonds. The number of aliphatic hydroxyl groups excluding tert-OH is 1. The van der Waals surface area contributed by atoms with E-state index in [2.05, 4.69) is 11.3 Å². The summed E-state index contributed by atoms with van der Waals surface area (Å²) in [5.41, 5.74) is 0. The minimum absolute atomic E-state index is 0. The molecule has 0 aliphatic carbocycles. The van der Waals surface area contributed by atoms with Crippen LogP contribution in [0.3, 0.4) is 0 Å². The highest BCUT2D eigenvalue weighted by Crippen LogP contribution is 1.83. The maximum Gasteiger partial charge on any atom is 0.330 e. The van der Waals surface area contributed by atoms with E-state index in [1.165, 1.54) is 0 Å². The van der Waals surface area contributed by atoms with Gasteiger partial charge < -0.3 is 27.2 Å². The summed E-state index contributed by atoms with van der Waals surface area (Å²) in [6.45, 7) is 3.84. The highest BCUT2D eigenvalue weighted by atomic mass is 35.5. The predicted molar refractivity (Wildman–Crippen MR) is 44.8 cm³/mol. The lowest BCUT2D eigenvalue weighted by Gasteiger charge is -2.12. The van der Waals surface area contributed by atoms with Gasteiger partial charge in [-0.25, -0.2) is 4.79 Å². The van der Waals surface area contributed by atoms with Crippen molar-refractivity contribution in [3.63, 3.8) is 0 Å². The van der Waals surface area contributed by atoms with Crippen LogP contribution >= 0.6 is 0 Å². The maximum absolute atomic E-state index is 10.5. The van der Waals surface area contributed by atoms with Gasteiger partial charge in [0.05, 0.1) is 14.1 Å². The highest BCUT2D eigenvalue weighted by Gasteiger charge is 2.09.